The largest absolute Gasteiger partial charge is 0.393 e. The summed E-state index contributed by atoms with van der Waals surface area (Å²) >= 11 is 0. The van der Waals surface area contributed by atoms with Crippen LogP contribution in [-0.4, -0.2) is 22.4 Å². The number of halogens is 5. The SMILES string of the molecule is CC(O)C(c1c(F)c(F)c(F)c(F)c1F)C(C)O. The maximum absolute atomic E-state index is 13.4. The molecule has 0 fully saturated rings. The average Bonchev–Trinajstić information content (AvgIpc) is 2.28. The molecule has 0 aliphatic carbocycles. The molecule has 2 unspecified atom stereocenters. The lowest BCUT2D eigenvalue weighted by Gasteiger charge is -2.24. The normalized spacial score (nSPS) is 16.5. The van der Waals surface area contributed by atoms with Crippen molar-refractivity contribution in [2.24, 2.45) is 0 Å². The standard InChI is InChI=1S/C11H11F5O2/c1-3(17)5(4(2)18)6-7(12)9(14)11(16)10(15)8(6)13/h3-5,17-18H,1-2H3. The molecule has 1 aromatic rings. The first-order valence-corrected chi connectivity index (χ1v) is 5.07. The van der Waals surface area contributed by atoms with Crippen molar-refractivity contribution in [2.45, 2.75) is 32.0 Å². The second kappa shape index (κ2) is 5.19. The predicted molar refractivity (Wildman–Crippen MR) is 52.3 cm³/mol. The van der Waals surface area contributed by atoms with Crippen molar-refractivity contribution in [1.82, 2.24) is 0 Å². The molecular weight excluding hydrogens is 259 g/mol. The van der Waals surface area contributed by atoms with Crippen LogP contribution in [0, 0.1) is 29.1 Å². The minimum Gasteiger partial charge on any atom is -0.393 e. The zero-order valence-electron chi connectivity index (χ0n) is 9.52. The molecular formula is C11H11F5O2. The molecule has 1 aromatic carbocycles. The lowest BCUT2D eigenvalue weighted by molar-refractivity contribution is 0.0683. The Hall–Kier alpha value is -1.21. The van der Waals surface area contributed by atoms with Gasteiger partial charge in [-0.25, -0.2) is 22.0 Å². The highest BCUT2D eigenvalue weighted by atomic mass is 19.2. The van der Waals surface area contributed by atoms with Crippen molar-refractivity contribution >= 4 is 0 Å². The zero-order valence-corrected chi connectivity index (χ0v) is 9.52. The van der Waals surface area contributed by atoms with Crippen molar-refractivity contribution < 1.29 is 32.2 Å². The highest BCUT2D eigenvalue weighted by Gasteiger charge is 2.34. The highest BCUT2D eigenvalue weighted by molar-refractivity contribution is 5.29. The lowest BCUT2D eigenvalue weighted by atomic mass is 9.88. The second-order valence-electron chi connectivity index (χ2n) is 3.99. The minimum absolute atomic E-state index is 1.08. The van der Waals surface area contributed by atoms with Crippen molar-refractivity contribution in [1.29, 1.82) is 0 Å². The van der Waals surface area contributed by atoms with Gasteiger partial charge in [-0.3, -0.25) is 0 Å². The van der Waals surface area contributed by atoms with Crippen molar-refractivity contribution in [3.05, 3.63) is 34.6 Å². The molecule has 7 heteroatoms. The fourth-order valence-corrected chi connectivity index (χ4v) is 1.80. The summed E-state index contributed by atoms with van der Waals surface area (Å²) in [6.07, 6.45) is -2.98. The van der Waals surface area contributed by atoms with E-state index in [0.717, 1.165) is 13.8 Å². The van der Waals surface area contributed by atoms with Crippen LogP contribution in [0.2, 0.25) is 0 Å². The average molecular weight is 270 g/mol. The molecule has 102 valence electrons. The molecule has 0 aliphatic rings. The molecule has 0 saturated heterocycles. The van der Waals surface area contributed by atoms with E-state index >= 15 is 0 Å². The first-order chi connectivity index (χ1) is 8.20. The highest BCUT2D eigenvalue weighted by Crippen LogP contribution is 2.32. The minimum atomic E-state index is -2.27. The van der Waals surface area contributed by atoms with Crippen LogP contribution in [0.3, 0.4) is 0 Å². The van der Waals surface area contributed by atoms with E-state index < -0.39 is 52.8 Å². The Labute approximate surface area is 99.7 Å². The number of benzene rings is 1. The maximum Gasteiger partial charge on any atom is 0.200 e. The van der Waals surface area contributed by atoms with Crippen molar-refractivity contribution in [3.8, 4) is 0 Å². The van der Waals surface area contributed by atoms with Crippen LogP contribution in [0.5, 0.6) is 0 Å². The van der Waals surface area contributed by atoms with Gasteiger partial charge in [-0.05, 0) is 13.8 Å². The third-order valence-corrected chi connectivity index (χ3v) is 2.62. The maximum atomic E-state index is 13.4. The summed E-state index contributed by atoms with van der Waals surface area (Å²) in [5, 5.41) is 18.6. The van der Waals surface area contributed by atoms with Crippen molar-refractivity contribution in [2.75, 3.05) is 0 Å². The quantitative estimate of drug-likeness (QED) is 0.502. The van der Waals surface area contributed by atoms with Crippen LogP contribution >= 0.6 is 0 Å². The van der Waals surface area contributed by atoms with Gasteiger partial charge in [0.25, 0.3) is 0 Å². The summed E-state index contributed by atoms with van der Waals surface area (Å²) in [7, 11) is 0. The summed E-state index contributed by atoms with van der Waals surface area (Å²) in [6.45, 7) is 2.16. The molecule has 0 heterocycles. The Morgan fingerprint density at radius 1 is 0.667 bits per heavy atom. The van der Waals surface area contributed by atoms with Crippen LogP contribution in [0.1, 0.15) is 25.3 Å². The Kier molecular flexibility index (Phi) is 4.28. The van der Waals surface area contributed by atoms with Gasteiger partial charge < -0.3 is 10.2 Å². The van der Waals surface area contributed by atoms with E-state index in [4.69, 9.17) is 0 Å². The molecule has 2 N–H and O–H groups in total. The van der Waals surface area contributed by atoms with Gasteiger partial charge in [-0.2, -0.15) is 0 Å². The fourth-order valence-electron chi connectivity index (χ4n) is 1.80. The summed E-state index contributed by atoms with van der Waals surface area (Å²) in [6, 6.07) is 0. The molecule has 0 spiro atoms. The van der Waals surface area contributed by atoms with E-state index in [2.05, 4.69) is 0 Å². The fraction of sp³-hybridized carbons (Fsp3) is 0.455. The van der Waals surface area contributed by atoms with E-state index in [1.165, 1.54) is 0 Å². The van der Waals surface area contributed by atoms with Crippen LogP contribution in [0.4, 0.5) is 22.0 Å². The van der Waals surface area contributed by atoms with E-state index in [0.29, 0.717) is 0 Å². The number of hydrogen-bond donors (Lipinski definition) is 2. The molecule has 0 amide bonds. The summed E-state index contributed by atoms with van der Waals surface area (Å²) in [5.41, 5.74) is -1.21. The van der Waals surface area contributed by atoms with Crippen molar-refractivity contribution in [3.63, 3.8) is 0 Å². The van der Waals surface area contributed by atoms with E-state index in [9.17, 15) is 32.2 Å². The zero-order chi connectivity index (χ0) is 14.2. The van der Waals surface area contributed by atoms with Crippen LogP contribution in [-0.2, 0) is 0 Å². The monoisotopic (exact) mass is 270 g/mol. The predicted octanol–water partition coefficient (Wildman–Crippen LogP) is 2.23. The van der Waals surface area contributed by atoms with Gasteiger partial charge in [-0.1, -0.05) is 0 Å². The summed E-state index contributed by atoms with van der Waals surface area (Å²) in [5.74, 6) is -12.2. The van der Waals surface area contributed by atoms with E-state index in [1.807, 2.05) is 0 Å². The van der Waals surface area contributed by atoms with Gasteiger partial charge in [0.15, 0.2) is 23.3 Å². The summed E-state index contributed by atoms with van der Waals surface area (Å²) < 4.78 is 65.6. The number of aliphatic hydroxyl groups excluding tert-OH is 2. The van der Waals surface area contributed by atoms with Crippen LogP contribution < -0.4 is 0 Å². The first kappa shape index (κ1) is 14.8. The lowest BCUT2D eigenvalue weighted by Crippen LogP contribution is -2.28. The number of hydrogen-bond acceptors (Lipinski definition) is 2. The molecule has 0 aliphatic heterocycles. The first-order valence-electron chi connectivity index (χ1n) is 5.07. The molecule has 0 saturated carbocycles. The molecule has 2 atom stereocenters. The molecule has 0 radical (unpaired) electrons. The topological polar surface area (TPSA) is 40.5 Å². The van der Waals surface area contributed by atoms with Gasteiger partial charge in [-0.15, -0.1) is 0 Å². The Morgan fingerprint density at radius 2 is 0.944 bits per heavy atom. The Morgan fingerprint density at radius 3 is 1.22 bits per heavy atom. The van der Waals surface area contributed by atoms with Gasteiger partial charge in [0.1, 0.15) is 0 Å². The molecule has 1 rings (SSSR count). The molecule has 0 aromatic heterocycles. The van der Waals surface area contributed by atoms with Gasteiger partial charge in [0, 0.05) is 11.5 Å². The Bertz CT molecular complexity index is 422. The third kappa shape index (κ3) is 2.32. The molecule has 18 heavy (non-hydrogen) atoms. The second-order valence-corrected chi connectivity index (χ2v) is 3.99. The van der Waals surface area contributed by atoms with Crippen LogP contribution in [0.25, 0.3) is 0 Å². The Balaban J connectivity index is 3.58. The van der Waals surface area contributed by atoms with E-state index in [-0.39, 0.29) is 0 Å². The number of rotatable bonds is 3. The molecule has 2 nitrogen and oxygen atoms in total. The van der Waals surface area contributed by atoms with E-state index in [1.54, 1.807) is 0 Å². The molecule has 0 bridgehead atoms. The smallest absolute Gasteiger partial charge is 0.200 e. The summed E-state index contributed by atoms with van der Waals surface area (Å²) in [4.78, 5) is 0. The third-order valence-electron chi connectivity index (χ3n) is 2.62. The number of aliphatic hydroxyl groups is 2. The van der Waals surface area contributed by atoms with Gasteiger partial charge in [0.05, 0.1) is 12.2 Å². The van der Waals surface area contributed by atoms with Gasteiger partial charge >= 0.3 is 0 Å². The van der Waals surface area contributed by atoms with Crippen LogP contribution in [0.15, 0.2) is 0 Å². The van der Waals surface area contributed by atoms with Gasteiger partial charge in [0.2, 0.25) is 5.82 Å².